The second kappa shape index (κ2) is 30.7. The van der Waals surface area contributed by atoms with E-state index in [0.29, 0.717) is 54.1 Å². The van der Waals surface area contributed by atoms with Crippen LogP contribution in [0.2, 0.25) is 0 Å². The van der Waals surface area contributed by atoms with Crippen molar-refractivity contribution in [2.45, 2.75) is 311 Å². The van der Waals surface area contributed by atoms with Crippen molar-refractivity contribution in [2.24, 2.45) is 27.1 Å². The van der Waals surface area contributed by atoms with Crippen molar-refractivity contribution in [3.63, 3.8) is 0 Å². The quantitative estimate of drug-likeness (QED) is 0.122. The minimum Gasteiger partial charge on any atom is -0.269 e. The maximum atomic E-state index is 5.19. The Hall–Kier alpha value is -3.15. The number of fused-ring (bicyclic) bond motifs is 15. The fraction of sp³-hybridized carbons (Fsp3) is 0.625. The fourth-order valence-corrected chi connectivity index (χ4v) is 20.9. The predicted octanol–water partition coefficient (Wildman–Crippen LogP) is 27.0. The molecule has 0 saturated heterocycles. The van der Waals surface area contributed by atoms with Crippen LogP contribution in [0.25, 0.3) is 0 Å². The standard InChI is InChI=1S/5C16H21S.5FH/c5*1-2-15-7-10-16(11-8-15,12-9-15)13-3-5-14(17)6-4-13;;;;;/h5*3-6H,2,7-12H2,1H3;5*1H. The minimum atomic E-state index is 0. The van der Waals surface area contributed by atoms with Gasteiger partial charge in [-0.25, -0.2) is 0 Å². The number of hydrogen-bond acceptors (Lipinski definition) is 0. The normalized spacial score (nSPS) is 34.1. The first kappa shape index (κ1) is 75.9. The van der Waals surface area contributed by atoms with Crippen LogP contribution < -0.4 is 0 Å². The molecule has 0 atom stereocenters. The Morgan fingerprint density at radius 3 is 0.378 bits per heavy atom. The molecule has 0 unspecified atom stereocenters. The van der Waals surface area contributed by atoms with Crippen LogP contribution in [0.3, 0.4) is 0 Å². The Kier molecular flexibility index (Phi) is 25.9. The first-order valence-electron chi connectivity index (χ1n) is 34.8. The minimum absolute atomic E-state index is 0. The van der Waals surface area contributed by atoms with Crippen molar-refractivity contribution in [3.05, 3.63) is 149 Å². The van der Waals surface area contributed by atoms with E-state index >= 15 is 0 Å². The van der Waals surface area contributed by atoms with Gasteiger partial charge >= 0.3 is 0 Å². The first-order chi connectivity index (χ1) is 40.9. The van der Waals surface area contributed by atoms with E-state index in [1.807, 2.05) is 0 Å². The van der Waals surface area contributed by atoms with Crippen molar-refractivity contribution >= 4 is 63.1 Å². The highest BCUT2D eigenvalue weighted by atomic mass is 32.1. The van der Waals surface area contributed by atoms with Crippen LogP contribution in [0.5, 0.6) is 0 Å². The van der Waals surface area contributed by atoms with E-state index < -0.39 is 0 Å². The number of benzene rings is 5. The smallest absolute Gasteiger partial charge is 0.0377 e. The molecule has 10 bridgehead atoms. The van der Waals surface area contributed by atoms with E-state index in [0.717, 1.165) is 24.5 Å². The van der Waals surface area contributed by atoms with E-state index in [1.54, 1.807) is 27.8 Å². The molecule has 10 heteroatoms. The van der Waals surface area contributed by atoms with Crippen LogP contribution in [0.4, 0.5) is 23.5 Å². The molecule has 0 spiro atoms. The number of halogens is 5. The third-order valence-corrected chi connectivity index (χ3v) is 29.5. The maximum absolute atomic E-state index is 5.19. The zero-order valence-corrected chi connectivity index (χ0v) is 59.5. The summed E-state index contributed by atoms with van der Waals surface area (Å²) in [5.74, 6) is 0. The zero-order chi connectivity index (χ0) is 59.7. The van der Waals surface area contributed by atoms with Crippen molar-refractivity contribution in [3.8, 4) is 0 Å². The summed E-state index contributed by atoms with van der Waals surface area (Å²) in [6.45, 7) is 11.9. The maximum Gasteiger partial charge on any atom is 0.0377 e. The molecule has 495 valence electrons. The molecule has 0 heterocycles. The van der Waals surface area contributed by atoms with Gasteiger partial charge in [0, 0.05) is 24.5 Å². The lowest BCUT2D eigenvalue weighted by Crippen LogP contribution is -2.43. The largest absolute Gasteiger partial charge is 0.269 e. The van der Waals surface area contributed by atoms with Crippen LogP contribution in [0.15, 0.2) is 146 Å². The molecule has 0 aliphatic heterocycles. The summed E-state index contributed by atoms with van der Waals surface area (Å²) in [7, 11) is 0. The average molecular weight is 1330 g/mol. The Balaban J connectivity index is 0.000000177. The molecular formula is C80H110F5S5. The summed E-state index contributed by atoms with van der Waals surface area (Å²) in [4.78, 5) is 4.86. The van der Waals surface area contributed by atoms with Gasteiger partial charge in [0.15, 0.2) is 0 Å². The van der Waals surface area contributed by atoms with Gasteiger partial charge in [-0.05, 0) is 335 Å². The van der Waals surface area contributed by atoms with E-state index in [-0.39, 0.29) is 23.5 Å². The number of hydrogen-bond donors (Lipinski definition) is 0. The van der Waals surface area contributed by atoms with Crippen molar-refractivity contribution in [1.82, 2.24) is 0 Å². The van der Waals surface area contributed by atoms with Crippen LogP contribution in [0, 0.1) is 27.1 Å². The molecule has 5 aromatic carbocycles. The highest BCUT2D eigenvalue weighted by Gasteiger charge is 2.52. The summed E-state index contributed by atoms with van der Waals surface area (Å²) in [5.41, 5.74) is 13.8. The van der Waals surface area contributed by atoms with Gasteiger partial charge in [0.25, 0.3) is 0 Å². The molecular weight excluding hydrogens is 1220 g/mol. The second-order valence-corrected chi connectivity index (χ2v) is 33.1. The lowest BCUT2D eigenvalue weighted by molar-refractivity contribution is 0.0366. The summed E-state index contributed by atoms with van der Waals surface area (Å²) >= 11 is 26.0. The molecule has 15 saturated carbocycles. The molecule has 15 aliphatic rings. The summed E-state index contributed by atoms with van der Waals surface area (Å²) in [5, 5.41) is 0. The molecule has 0 N–H and O–H groups in total. The topological polar surface area (TPSA) is 0 Å². The van der Waals surface area contributed by atoms with Gasteiger partial charge in [-0.3, -0.25) is 23.5 Å². The first-order valence-corrected chi connectivity index (χ1v) is 36.8. The monoisotopic (exact) mass is 1330 g/mol. The van der Waals surface area contributed by atoms with E-state index in [4.69, 9.17) is 63.1 Å². The summed E-state index contributed by atoms with van der Waals surface area (Å²) in [6, 6.07) is 43.9. The van der Waals surface area contributed by atoms with E-state index in [1.165, 1.54) is 225 Å². The summed E-state index contributed by atoms with van der Waals surface area (Å²) in [6.07, 6.45) is 49.6. The molecule has 15 fully saturated rings. The molecule has 20 rings (SSSR count). The van der Waals surface area contributed by atoms with Gasteiger partial charge in [0.1, 0.15) is 0 Å². The third kappa shape index (κ3) is 15.4. The second-order valence-electron chi connectivity index (χ2n) is 30.8. The molecule has 0 aromatic heterocycles. The van der Waals surface area contributed by atoms with Crippen LogP contribution >= 0.6 is 63.1 Å². The van der Waals surface area contributed by atoms with Gasteiger partial charge in [0.05, 0.1) is 0 Å². The molecule has 15 aliphatic carbocycles. The highest BCUT2D eigenvalue weighted by Crippen LogP contribution is 2.63. The van der Waals surface area contributed by atoms with Gasteiger partial charge in [-0.15, -0.1) is 0 Å². The van der Waals surface area contributed by atoms with Gasteiger partial charge < -0.3 is 0 Å². The predicted molar refractivity (Wildman–Crippen MR) is 385 cm³/mol. The highest BCUT2D eigenvalue weighted by molar-refractivity contribution is 7.81. The zero-order valence-electron chi connectivity index (χ0n) is 55.4. The lowest BCUT2D eigenvalue weighted by atomic mass is 9.51. The SMILES string of the molecule is CCC12CCC(c3ccc([S])cc3)(CC1)CC2.CCC12CCC(c3ccc([S])cc3)(CC1)CC2.CCC12CCC(c3ccc([S])cc3)(CC1)CC2.CCC12CCC(c3ccc([S])cc3)(CC1)CC2.CCC12CCC(c3ccc([S])cc3)(CC1)CC2.F.F.F.F.F. The van der Waals surface area contributed by atoms with Crippen molar-refractivity contribution in [2.75, 3.05) is 0 Å². The molecule has 5 aromatic rings. The van der Waals surface area contributed by atoms with Crippen LogP contribution in [-0.4, -0.2) is 0 Å². The van der Waals surface area contributed by atoms with E-state index in [2.05, 4.69) is 156 Å². The Morgan fingerprint density at radius 2 is 0.289 bits per heavy atom. The van der Waals surface area contributed by atoms with Crippen molar-refractivity contribution < 1.29 is 23.5 Å². The Bertz CT molecular complexity index is 2400. The van der Waals surface area contributed by atoms with Gasteiger partial charge in [-0.1, -0.05) is 191 Å². The van der Waals surface area contributed by atoms with Crippen molar-refractivity contribution in [1.29, 1.82) is 0 Å². The summed E-state index contributed by atoms with van der Waals surface area (Å²) < 4.78 is 0. The molecule has 0 amide bonds. The average Bonchev–Trinajstić information content (AvgIpc) is 0.942. The Morgan fingerprint density at radius 1 is 0.189 bits per heavy atom. The van der Waals surface area contributed by atoms with Crippen LogP contribution in [-0.2, 0) is 27.1 Å². The third-order valence-electron chi connectivity index (χ3n) is 28.1. The van der Waals surface area contributed by atoms with E-state index in [9.17, 15) is 0 Å². The Labute approximate surface area is 569 Å². The fourth-order valence-electron chi connectivity index (χ4n) is 20.2. The lowest BCUT2D eigenvalue weighted by Gasteiger charge is -2.54. The van der Waals surface area contributed by atoms with Gasteiger partial charge in [-0.2, -0.15) is 0 Å². The molecule has 5 radical (unpaired) electrons. The molecule has 90 heavy (non-hydrogen) atoms. The number of rotatable bonds is 10. The van der Waals surface area contributed by atoms with Crippen LogP contribution in [0.1, 0.15) is 287 Å². The van der Waals surface area contributed by atoms with Gasteiger partial charge in [0.2, 0.25) is 0 Å². The molecule has 0 nitrogen and oxygen atoms in total.